The summed E-state index contributed by atoms with van der Waals surface area (Å²) in [6, 6.07) is 4.01. The van der Waals surface area contributed by atoms with E-state index < -0.39 is 0 Å². The zero-order valence-corrected chi connectivity index (χ0v) is 9.27. The molecular weight excluding hydrogens is 218 g/mol. The number of aromatic nitrogens is 2. The minimum Gasteiger partial charge on any atom is -0.325 e. The predicted octanol–water partition coefficient (Wildman–Crippen LogP) is 2.26. The normalized spacial score (nSPS) is 10.8. The Bertz CT molecular complexity index is 433. The second kappa shape index (κ2) is 3.73. The van der Waals surface area contributed by atoms with E-state index in [1.165, 1.54) is 0 Å². The maximum absolute atomic E-state index is 6.06. The van der Waals surface area contributed by atoms with Gasteiger partial charge < -0.3 is 10.3 Å². The molecule has 0 amide bonds. The number of imidazole rings is 1. The highest BCUT2D eigenvalue weighted by molar-refractivity contribution is 7.13. The van der Waals surface area contributed by atoms with Gasteiger partial charge in [-0.2, -0.15) is 0 Å². The third-order valence-electron chi connectivity index (χ3n) is 2.03. The monoisotopic (exact) mass is 227 g/mol. The molecule has 0 fully saturated rings. The second-order valence-corrected chi connectivity index (χ2v) is 4.22. The maximum atomic E-state index is 6.06. The SMILES string of the molecule is Cn1c(-c2cccs2)nc(CN)c1Cl. The molecule has 2 N–H and O–H groups in total. The molecule has 0 atom stereocenters. The average molecular weight is 228 g/mol. The highest BCUT2D eigenvalue weighted by Gasteiger charge is 2.13. The third-order valence-corrected chi connectivity index (χ3v) is 3.36. The molecule has 0 spiro atoms. The first-order valence-electron chi connectivity index (χ1n) is 4.19. The standard InChI is InChI=1S/C9H10ClN3S/c1-13-8(10)6(5-11)12-9(13)7-3-2-4-14-7/h2-4H,5,11H2,1H3. The molecule has 0 aromatic carbocycles. The number of halogens is 1. The molecular formula is C9H10ClN3S. The Morgan fingerprint density at radius 2 is 2.43 bits per heavy atom. The van der Waals surface area contributed by atoms with Crippen LogP contribution in [0.3, 0.4) is 0 Å². The average Bonchev–Trinajstić information content (AvgIpc) is 2.78. The van der Waals surface area contributed by atoms with Crippen molar-refractivity contribution in [3.63, 3.8) is 0 Å². The molecule has 2 rings (SSSR count). The van der Waals surface area contributed by atoms with E-state index in [0.717, 1.165) is 16.4 Å². The molecule has 0 saturated heterocycles. The molecule has 0 aliphatic heterocycles. The molecule has 2 heterocycles. The van der Waals surface area contributed by atoms with Crippen molar-refractivity contribution < 1.29 is 0 Å². The van der Waals surface area contributed by atoms with E-state index in [9.17, 15) is 0 Å². The fourth-order valence-electron chi connectivity index (χ4n) is 1.29. The molecule has 0 radical (unpaired) electrons. The highest BCUT2D eigenvalue weighted by atomic mass is 35.5. The van der Waals surface area contributed by atoms with Gasteiger partial charge in [-0.15, -0.1) is 11.3 Å². The van der Waals surface area contributed by atoms with E-state index in [4.69, 9.17) is 17.3 Å². The molecule has 0 unspecified atom stereocenters. The third kappa shape index (κ3) is 1.45. The van der Waals surface area contributed by atoms with Gasteiger partial charge in [0.2, 0.25) is 0 Å². The number of thiophene rings is 1. The lowest BCUT2D eigenvalue weighted by molar-refractivity contribution is 0.924. The molecule has 0 aliphatic carbocycles. The lowest BCUT2D eigenvalue weighted by atomic mass is 10.4. The topological polar surface area (TPSA) is 43.8 Å². The summed E-state index contributed by atoms with van der Waals surface area (Å²) in [4.78, 5) is 5.49. The van der Waals surface area contributed by atoms with Crippen LogP contribution in [-0.4, -0.2) is 9.55 Å². The van der Waals surface area contributed by atoms with Gasteiger partial charge in [-0.05, 0) is 11.4 Å². The molecule has 2 aromatic heterocycles. The number of rotatable bonds is 2. The lowest BCUT2D eigenvalue weighted by Crippen LogP contribution is -1.97. The van der Waals surface area contributed by atoms with Gasteiger partial charge in [-0.3, -0.25) is 0 Å². The summed E-state index contributed by atoms with van der Waals surface area (Å²) < 4.78 is 1.86. The van der Waals surface area contributed by atoms with Crippen molar-refractivity contribution in [3.05, 3.63) is 28.4 Å². The van der Waals surface area contributed by atoms with Crippen molar-refractivity contribution in [1.29, 1.82) is 0 Å². The zero-order chi connectivity index (χ0) is 10.1. The van der Waals surface area contributed by atoms with Crippen LogP contribution < -0.4 is 5.73 Å². The van der Waals surface area contributed by atoms with E-state index in [0.29, 0.717) is 11.7 Å². The fraction of sp³-hybridized carbons (Fsp3) is 0.222. The Morgan fingerprint density at radius 1 is 1.64 bits per heavy atom. The minimum absolute atomic E-state index is 0.373. The molecule has 14 heavy (non-hydrogen) atoms. The Labute approximate surface area is 91.1 Å². The molecule has 0 bridgehead atoms. The van der Waals surface area contributed by atoms with Crippen LogP contribution >= 0.6 is 22.9 Å². The number of hydrogen-bond donors (Lipinski definition) is 1. The van der Waals surface area contributed by atoms with Crippen molar-refractivity contribution in [1.82, 2.24) is 9.55 Å². The van der Waals surface area contributed by atoms with Gasteiger partial charge in [0.15, 0.2) is 5.82 Å². The Morgan fingerprint density at radius 3 is 2.93 bits per heavy atom. The van der Waals surface area contributed by atoms with Crippen LogP contribution in [0.4, 0.5) is 0 Å². The van der Waals surface area contributed by atoms with Crippen molar-refractivity contribution in [2.24, 2.45) is 12.8 Å². The summed E-state index contributed by atoms with van der Waals surface area (Å²) in [6.45, 7) is 0.373. The van der Waals surface area contributed by atoms with Crippen LogP contribution in [0.1, 0.15) is 5.69 Å². The van der Waals surface area contributed by atoms with Gasteiger partial charge in [-0.25, -0.2) is 4.98 Å². The first kappa shape index (κ1) is 9.71. The second-order valence-electron chi connectivity index (χ2n) is 2.91. The summed E-state index contributed by atoms with van der Waals surface area (Å²) in [5.41, 5.74) is 6.28. The van der Waals surface area contributed by atoms with Gasteiger partial charge >= 0.3 is 0 Å². The summed E-state index contributed by atoms with van der Waals surface area (Å²) in [6.07, 6.45) is 0. The van der Waals surface area contributed by atoms with E-state index in [1.807, 2.05) is 29.1 Å². The largest absolute Gasteiger partial charge is 0.325 e. The zero-order valence-electron chi connectivity index (χ0n) is 7.70. The van der Waals surface area contributed by atoms with Crippen molar-refractivity contribution in [2.75, 3.05) is 0 Å². The van der Waals surface area contributed by atoms with Gasteiger partial charge in [0.25, 0.3) is 0 Å². The molecule has 2 aromatic rings. The van der Waals surface area contributed by atoms with Gasteiger partial charge in [0.05, 0.1) is 10.6 Å². The van der Waals surface area contributed by atoms with Crippen molar-refractivity contribution in [3.8, 4) is 10.7 Å². The van der Waals surface area contributed by atoms with E-state index in [-0.39, 0.29) is 0 Å². The smallest absolute Gasteiger partial charge is 0.151 e. The quantitative estimate of drug-likeness (QED) is 0.856. The molecule has 0 aliphatic rings. The first-order chi connectivity index (χ1) is 6.74. The van der Waals surface area contributed by atoms with Crippen LogP contribution in [0.25, 0.3) is 10.7 Å². The predicted molar refractivity (Wildman–Crippen MR) is 59.4 cm³/mol. The van der Waals surface area contributed by atoms with Gasteiger partial charge in [0.1, 0.15) is 5.15 Å². The highest BCUT2D eigenvalue weighted by Crippen LogP contribution is 2.27. The summed E-state index contributed by atoms with van der Waals surface area (Å²) in [5, 5.41) is 2.64. The Kier molecular flexibility index (Phi) is 2.58. The summed E-state index contributed by atoms with van der Waals surface area (Å²) >= 11 is 7.70. The van der Waals surface area contributed by atoms with Crippen LogP contribution in [0.15, 0.2) is 17.5 Å². The number of nitrogens with two attached hydrogens (primary N) is 1. The van der Waals surface area contributed by atoms with Crippen LogP contribution in [-0.2, 0) is 13.6 Å². The summed E-state index contributed by atoms with van der Waals surface area (Å²) in [5.74, 6) is 0.880. The van der Waals surface area contributed by atoms with Crippen molar-refractivity contribution >= 4 is 22.9 Å². The molecule has 74 valence electrons. The van der Waals surface area contributed by atoms with Gasteiger partial charge in [0, 0.05) is 13.6 Å². The number of hydrogen-bond acceptors (Lipinski definition) is 3. The van der Waals surface area contributed by atoms with E-state index in [1.54, 1.807) is 11.3 Å². The van der Waals surface area contributed by atoms with Crippen LogP contribution in [0.2, 0.25) is 5.15 Å². The Hall–Kier alpha value is -0.840. The Balaban J connectivity index is 2.55. The van der Waals surface area contributed by atoms with Gasteiger partial charge in [-0.1, -0.05) is 17.7 Å². The minimum atomic E-state index is 0.373. The maximum Gasteiger partial charge on any atom is 0.151 e. The van der Waals surface area contributed by atoms with Crippen molar-refractivity contribution in [2.45, 2.75) is 6.54 Å². The fourth-order valence-corrected chi connectivity index (χ4v) is 2.24. The van der Waals surface area contributed by atoms with Crippen LogP contribution in [0.5, 0.6) is 0 Å². The molecule has 0 saturated carbocycles. The summed E-state index contributed by atoms with van der Waals surface area (Å²) in [7, 11) is 1.89. The van der Waals surface area contributed by atoms with Crippen LogP contribution in [0, 0.1) is 0 Å². The molecule has 3 nitrogen and oxygen atoms in total. The molecule has 5 heteroatoms. The first-order valence-corrected chi connectivity index (χ1v) is 5.45. The number of nitrogens with zero attached hydrogens (tertiary/aromatic N) is 2. The van der Waals surface area contributed by atoms with E-state index >= 15 is 0 Å². The van der Waals surface area contributed by atoms with E-state index in [2.05, 4.69) is 4.98 Å². The lowest BCUT2D eigenvalue weighted by Gasteiger charge is -1.97.